The molecule has 0 spiro atoms. The Morgan fingerprint density at radius 1 is 0.600 bits per heavy atom. The van der Waals surface area contributed by atoms with E-state index < -0.39 is 0 Å². The maximum atomic E-state index is 6.95. The van der Waals surface area contributed by atoms with Crippen molar-refractivity contribution in [3.63, 3.8) is 0 Å². The predicted octanol–water partition coefficient (Wildman–Crippen LogP) is 9.16. The van der Waals surface area contributed by atoms with Crippen LogP contribution in [0.1, 0.15) is 11.4 Å². The summed E-state index contributed by atoms with van der Waals surface area (Å²) in [6, 6.07) is 40.9. The maximum absolute atomic E-state index is 6.95. The Hall–Kier alpha value is -5.40. The Labute approximate surface area is 264 Å². The van der Waals surface area contributed by atoms with E-state index in [1.165, 1.54) is 11.4 Å². The second kappa shape index (κ2) is 9.55. The molecule has 5 heterocycles. The minimum atomic E-state index is 0.942. The molecular weight excluding hydrogens is 573 g/mol. The van der Waals surface area contributed by atoms with Gasteiger partial charge in [-0.3, -0.25) is 3.97 Å². The molecule has 0 unspecified atom stereocenters. The van der Waals surface area contributed by atoms with Gasteiger partial charge in [0.2, 0.25) is 0 Å². The first kappa shape index (κ1) is 26.0. The van der Waals surface area contributed by atoms with Gasteiger partial charge < -0.3 is 15.0 Å². The van der Waals surface area contributed by atoms with Crippen LogP contribution in [0.25, 0.3) is 77.4 Å². The van der Waals surface area contributed by atoms with Gasteiger partial charge in [-0.25, -0.2) is 9.66 Å². The molecule has 5 aromatic heterocycles. The molecule has 4 aromatic carbocycles. The first-order chi connectivity index (χ1) is 22.0. The number of rotatable bonds is 4. The molecule has 218 valence electrons. The molecule has 0 fully saturated rings. The van der Waals surface area contributed by atoms with Crippen molar-refractivity contribution < 1.29 is 0 Å². The summed E-state index contributed by atoms with van der Waals surface area (Å²) in [5, 5.41) is 4.58. The number of nitrogens with zero attached hydrogens (tertiary/aromatic N) is 5. The van der Waals surface area contributed by atoms with E-state index in [0.717, 1.165) is 77.4 Å². The molecule has 0 aliphatic carbocycles. The lowest BCUT2D eigenvalue weighted by molar-refractivity contribution is 0.965. The lowest BCUT2D eigenvalue weighted by atomic mass is 10.0. The van der Waals surface area contributed by atoms with E-state index in [1.807, 2.05) is 4.68 Å². The van der Waals surface area contributed by atoms with Crippen molar-refractivity contribution in [1.29, 1.82) is 0 Å². The molecule has 0 amide bonds. The minimum Gasteiger partial charge on any atom is -0.337 e. The van der Waals surface area contributed by atoms with Crippen LogP contribution < -0.4 is 5.84 Å². The van der Waals surface area contributed by atoms with Crippen LogP contribution in [0.4, 0.5) is 0 Å². The lowest BCUT2D eigenvalue weighted by Gasteiger charge is -2.11. The summed E-state index contributed by atoms with van der Waals surface area (Å²) in [4.78, 5) is 5.39. The Bertz CT molecular complexity index is 2600. The number of benzene rings is 4. The minimum absolute atomic E-state index is 0.942. The molecule has 0 aliphatic rings. The van der Waals surface area contributed by atoms with Gasteiger partial charge in [-0.1, -0.05) is 48.5 Å². The fraction of sp³-hybridized carbons (Fsp3) is 0.0789. The number of nitrogen functional groups attached to an aromatic ring is 1. The van der Waals surface area contributed by atoms with E-state index in [1.54, 1.807) is 11.9 Å². The second-order valence-electron chi connectivity index (χ2n) is 11.7. The third-order valence-corrected chi connectivity index (χ3v) is 9.92. The molecule has 0 saturated carbocycles. The van der Waals surface area contributed by atoms with E-state index >= 15 is 0 Å². The van der Waals surface area contributed by atoms with Gasteiger partial charge in [0.15, 0.2) is 5.65 Å². The molecule has 0 saturated heterocycles. The summed E-state index contributed by atoms with van der Waals surface area (Å²) in [5.41, 5.74) is 13.0. The van der Waals surface area contributed by atoms with Crippen LogP contribution in [0.3, 0.4) is 0 Å². The topological polar surface area (TPSA) is 58.6 Å². The van der Waals surface area contributed by atoms with Crippen LogP contribution in [0, 0.1) is 13.8 Å². The molecule has 7 heteroatoms. The van der Waals surface area contributed by atoms with E-state index in [4.69, 9.17) is 10.8 Å². The Kier molecular flexibility index (Phi) is 5.53. The summed E-state index contributed by atoms with van der Waals surface area (Å²) >= 11 is 1.67. The van der Waals surface area contributed by atoms with Crippen LogP contribution in [-0.2, 0) is 0 Å². The molecule has 6 nitrogen and oxygen atoms in total. The third kappa shape index (κ3) is 3.56. The highest BCUT2D eigenvalue weighted by molar-refractivity contribution is 7.97. The van der Waals surface area contributed by atoms with Crippen molar-refractivity contribution in [3.8, 4) is 22.6 Å². The standard InChI is InChI=1S/C38H30N6S/c1-23-16-17-24(2)41(23)26-18-19-28-34(22-26)43(39)38-36(28)35-27(13-9-15-32(35)44(38)45-3)30-20-21-33-37(40-30)29-12-7-8-14-31(29)42(33)25-10-5-4-6-11-25/h4-22H,39H2,1-3H3. The molecule has 0 bridgehead atoms. The number of aryl methyl sites for hydroxylation is 2. The number of nitrogens with two attached hydrogens (primary N) is 1. The van der Waals surface area contributed by atoms with Crippen LogP contribution in [0.5, 0.6) is 0 Å². The van der Waals surface area contributed by atoms with E-state index in [2.05, 4.69) is 148 Å². The highest BCUT2D eigenvalue weighted by atomic mass is 32.2. The second-order valence-corrected chi connectivity index (χ2v) is 12.4. The first-order valence-electron chi connectivity index (χ1n) is 15.1. The fourth-order valence-corrected chi connectivity index (χ4v) is 7.97. The van der Waals surface area contributed by atoms with Gasteiger partial charge in [0.1, 0.15) is 0 Å². The van der Waals surface area contributed by atoms with Gasteiger partial charge in [0.05, 0.1) is 33.3 Å². The van der Waals surface area contributed by atoms with Gasteiger partial charge in [0.25, 0.3) is 0 Å². The van der Waals surface area contributed by atoms with Crippen molar-refractivity contribution in [2.24, 2.45) is 0 Å². The molecule has 0 radical (unpaired) electrons. The SMILES string of the molecule is CSn1c2cccc(-c3ccc4c(n3)c3ccccc3n4-c3ccccc3)c2c2c3ccc(-n4c(C)ccc4C)cc3n(N)c21. The van der Waals surface area contributed by atoms with Crippen LogP contribution >= 0.6 is 11.9 Å². The van der Waals surface area contributed by atoms with Crippen molar-refractivity contribution in [3.05, 3.63) is 127 Å². The molecular formula is C38H30N6S. The van der Waals surface area contributed by atoms with Gasteiger partial charge in [-0.15, -0.1) is 0 Å². The smallest absolute Gasteiger partial charge is 0.151 e. The summed E-state index contributed by atoms with van der Waals surface area (Å²) in [5.74, 6) is 6.95. The largest absolute Gasteiger partial charge is 0.337 e. The molecule has 9 rings (SSSR count). The van der Waals surface area contributed by atoms with Crippen molar-refractivity contribution >= 4 is 66.7 Å². The highest BCUT2D eigenvalue weighted by Crippen LogP contribution is 2.43. The van der Waals surface area contributed by atoms with E-state index in [-0.39, 0.29) is 0 Å². The molecule has 9 aromatic rings. The van der Waals surface area contributed by atoms with Gasteiger partial charge >= 0.3 is 0 Å². The lowest BCUT2D eigenvalue weighted by Crippen LogP contribution is -2.10. The van der Waals surface area contributed by atoms with Crippen molar-refractivity contribution in [2.45, 2.75) is 13.8 Å². The average Bonchev–Trinajstić information content (AvgIpc) is 3.78. The molecule has 0 aliphatic heterocycles. The van der Waals surface area contributed by atoms with Crippen LogP contribution in [-0.4, -0.2) is 29.0 Å². The monoisotopic (exact) mass is 602 g/mol. The number of fused-ring (bicyclic) bond motifs is 8. The first-order valence-corrected chi connectivity index (χ1v) is 16.3. The summed E-state index contributed by atoms with van der Waals surface area (Å²) in [6.45, 7) is 4.27. The van der Waals surface area contributed by atoms with Gasteiger partial charge in [-0.05, 0) is 92.5 Å². The zero-order valence-corrected chi connectivity index (χ0v) is 26.0. The number of hydrogen-bond donors (Lipinski definition) is 1. The van der Waals surface area contributed by atoms with Crippen LogP contribution in [0.15, 0.2) is 115 Å². The Balaban J connectivity index is 1.34. The van der Waals surface area contributed by atoms with Crippen LogP contribution in [0.2, 0.25) is 0 Å². The third-order valence-electron chi connectivity index (χ3n) is 9.18. The predicted molar refractivity (Wildman–Crippen MR) is 190 cm³/mol. The van der Waals surface area contributed by atoms with Gasteiger partial charge in [-0.2, -0.15) is 0 Å². The quantitative estimate of drug-likeness (QED) is 0.204. The number of hydrogen-bond acceptors (Lipinski definition) is 3. The highest BCUT2D eigenvalue weighted by Gasteiger charge is 2.23. The summed E-state index contributed by atoms with van der Waals surface area (Å²) < 4.78 is 8.68. The Morgan fingerprint density at radius 2 is 1.36 bits per heavy atom. The number of para-hydroxylation sites is 2. The zero-order chi connectivity index (χ0) is 30.4. The summed E-state index contributed by atoms with van der Waals surface area (Å²) in [6.07, 6.45) is 2.10. The van der Waals surface area contributed by atoms with Gasteiger partial charge in [0, 0.05) is 56.1 Å². The van der Waals surface area contributed by atoms with Crippen molar-refractivity contribution in [1.82, 2.24) is 22.8 Å². The molecule has 0 atom stereocenters. The summed E-state index contributed by atoms with van der Waals surface area (Å²) in [7, 11) is 0. The van der Waals surface area contributed by atoms with E-state index in [0.29, 0.717) is 0 Å². The number of pyridine rings is 1. The Morgan fingerprint density at radius 3 is 2.16 bits per heavy atom. The normalized spacial score (nSPS) is 12.1. The molecule has 45 heavy (non-hydrogen) atoms. The zero-order valence-electron chi connectivity index (χ0n) is 25.2. The maximum Gasteiger partial charge on any atom is 0.151 e. The van der Waals surface area contributed by atoms with E-state index in [9.17, 15) is 0 Å². The fourth-order valence-electron chi connectivity index (χ4n) is 7.27. The number of aromatic nitrogens is 5. The van der Waals surface area contributed by atoms with Crippen molar-refractivity contribution in [2.75, 3.05) is 12.1 Å². The average molecular weight is 603 g/mol. The molecule has 2 N–H and O–H groups in total.